The summed E-state index contributed by atoms with van der Waals surface area (Å²) in [6, 6.07) is 0. The Balaban J connectivity index is 0. The van der Waals surface area contributed by atoms with E-state index >= 15 is 0 Å². The van der Waals surface area contributed by atoms with Crippen molar-refractivity contribution in [2.24, 2.45) is 0 Å². The van der Waals surface area contributed by atoms with E-state index in [-0.39, 0.29) is 36.0 Å². The maximum Gasteiger partial charge on any atom is 1.00 e. The van der Waals surface area contributed by atoms with Crippen LogP contribution in [0.3, 0.4) is 0 Å². The Morgan fingerprint density at radius 1 is 1.00 bits per heavy atom. The van der Waals surface area contributed by atoms with Gasteiger partial charge in [0.1, 0.15) is 0 Å². The first-order valence-corrected chi connectivity index (χ1v) is 6.83. The van der Waals surface area contributed by atoms with Crippen LogP contribution in [0.1, 0.15) is 51.9 Å². The average molecular weight is 272 g/mol. The molecule has 0 spiro atoms. The molecular formula is C10H17NaO5S. The molecule has 0 atom stereocenters. The summed E-state index contributed by atoms with van der Waals surface area (Å²) in [6.07, 6.45) is 5.36. The van der Waals surface area contributed by atoms with Gasteiger partial charge in [-0.25, -0.2) is 8.42 Å². The third-order valence-corrected chi connectivity index (χ3v) is 2.89. The third kappa shape index (κ3) is 9.91. The van der Waals surface area contributed by atoms with Crippen molar-refractivity contribution in [3.8, 4) is 0 Å². The van der Waals surface area contributed by atoms with Gasteiger partial charge >= 0.3 is 29.6 Å². The van der Waals surface area contributed by atoms with E-state index in [1.165, 1.54) is 0 Å². The molecule has 0 heterocycles. The number of hydrogen-bond donors (Lipinski definition) is 0. The van der Waals surface area contributed by atoms with E-state index in [1.54, 1.807) is 0 Å². The van der Waals surface area contributed by atoms with Gasteiger partial charge in [0.25, 0.3) is 5.12 Å². The van der Waals surface area contributed by atoms with Crippen LogP contribution in [-0.2, 0) is 19.7 Å². The SMILES string of the molecule is CCCCCCCCC(=O)C(=O)S(=O)(=O)[O-].[Na+]. The minimum absolute atomic E-state index is 0. The molecule has 0 amide bonds. The molecule has 5 nitrogen and oxygen atoms in total. The third-order valence-electron chi connectivity index (χ3n) is 2.21. The summed E-state index contributed by atoms with van der Waals surface area (Å²) >= 11 is 0. The molecule has 0 unspecified atom stereocenters. The van der Waals surface area contributed by atoms with Gasteiger partial charge in [-0.05, 0) is 6.42 Å². The van der Waals surface area contributed by atoms with Crippen LogP contribution in [0.15, 0.2) is 0 Å². The first-order valence-electron chi connectivity index (χ1n) is 5.42. The number of carbonyl (C=O) groups is 2. The van der Waals surface area contributed by atoms with E-state index in [0.29, 0.717) is 6.42 Å². The molecule has 0 aromatic heterocycles. The Morgan fingerprint density at radius 2 is 1.47 bits per heavy atom. The summed E-state index contributed by atoms with van der Waals surface area (Å²) < 4.78 is 30.7. The first kappa shape index (κ1) is 19.6. The fourth-order valence-corrected chi connectivity index (χ4v) is 1.69. The van der Waals surface area contributed by atoms with E-state index in [1.807, 2.05) is 0 Å². The average Bonchev–Trinajstić information content (AvgIpc) is 2.20. The number of ketones is 1. The molecule has 94 valence electrons. The van der Waals surface area contributed by atoms with Gasteiger partial charge < -0.3 is 4.55 Å². The minimum Gasteiger partial charge on any atom is -0.741 e. The van der Waals surface area contributed by atoms with Crippen LogP contribution in [-0.4, -0.2) is 23.9 Å². The summed E-state index contributed by atoms with van der Waals surface area (Å²) in [4.78, 5) is 21.6. The predicted octanol–water partition coefficient (Wildman–Crippen LogP) is -1.62. The molecule has 0 N–H and O–H groups in total. The topological polar surface area (TPSA) is 91.3 Å². The van der Waals surface area contributed by atoms with Crippen molar-refractivity contribution in [1.29, 1.82) is 0 Å². The Kier molecular flexibility index (Phi) is 11.8. The van der Waals surface area contributed by atoms with Crippen molar-refractivity contribution < 1.29 is 52.1 Å². The van der Waals surface area contributed by atoms with Crippen LogP contribution in [0.25, 0.3) is 0 Å². The Labute approximate surface area is 124 Å². The zero-order valence-corrected chi connectivity index (χ0v) is 13.2. The van der Waals surface area contributed by atoms with Gasteiger partial charge in [0, 0.05) is 6.42 Å². The molecule has 0 aliphatic carbocycles. The van der Waals surface area contributed by atoms with Crippen molar-refractivity contribution in [3.05, 3.63) is 0 Å². The molecule has 0 saturated carbocycles. The standard InChI is InChI=1S/C10H18O5S.Na/c1-2-3-4-5-6-7-8-9(11)10(12)16(13,14)15;/h2-8H2,1H3,(H,13,14,15);/q;+1/p-1. The fraction of sp³-hybridized carbons (Fsp3) is 0.800. The largest absolute Gasteiger partial charge is 1.00 e. The molecule has 0 aliphatic rings. The number of Topliss-reactive ketones (excluding diaryl/α,β-unsaturated/α-hetero) is 1. The number of unbranched alkanes of at least 4 members (excludes halogenated alkanes) is 5. The van der Waals surface area contributed by atoms with Crippen LogP contribution in [0.2, 0.25) is 0 Å². The molecule has 0 aromatic carbocycles. The smallest absolute Gasteiger partial charge is 0.741 e. The summed E-state index contributed by atoms with van der Waals surface area (Å²) in [5.41, 5.74) is 0. The second-order valence-electron chi connectivity index (χ2n) is 3.68. The molecule has 7 heteroatoms. The van der Waals surface area contributed by atoms with Gasteiger partial charge in [-0.2, -0.15) is 0 Å². The van der Waals surface area contributed by atoms with Gasteiger partial charge in [0.2, 0.25) is 5.78 Å². The van der Waals surface area contributed by atoms with E-state index in [2.05, 4.69) is 6.92 Å². The summed E-state index contributed by atoms with van der Waals surface area (Å²) in [7, 11) is -5.09. The molecule has 0 bridgehead atoms. The second kappa shape index (κ2) is 10.2. The number of rotatable bonds is 8. The summed E-state index contributed by atoms with van der Waals surface area (Å²) in [5.74, 6) is -1.09. The molecule has 0 saturated heterocycles. The van der Waals surface area contributed by atoms with Crippen LogP contribution < -0.4 is 29.6 Å². The van der Waals surface area contributed by atoms with Gasteiger partial charge in [0.15, 0.2) is 10.1 Å². The zero-order chi connectivity index (χ0) is 12.6. The quantitative estimate of drug-likeness (QED) is 0.229. The molecule has 17 heavy (non-hydrogen) atoms. The van der Waals surface area contributed by atoms with Crippen LogP contribution in [0.5, 0.6) is 0 Å². The van der Waals surface area contributed by atoms with E-state index < -0.39 is 21.0 Å². The van der Waals surface area contributed by atoms with Gasteiger partial charge in [0.05, 0.1) is 0 Å². The van der Waals surface area contributed by atoms with Crippen molar-refractivity contribution >= 4 is 21.0 Å². The first-order chi connectivity index (χ1) is 7.39. The van der Waals surface area contributed by atoms with Crippen LogP contribution >= 0.6 is 0 Å². The fourth-order valence-electron chi connectivity index (χ4n) is 1.31. The maximum absolute atomic E-state index is 10.9. The van der Waals surface area contributed by atoms with Gasteiger partial charge in [-0.3, -0.25) is 9.59 Å². The maximum atomic E-state index is 10.9. The van der Waals surface area contributed by atoms with E-state index in [0.717, 1.165) is 32.1 Å². The monoisotopic (exact) mass is 272 g/mol. The van der Waals surface area contributed by atoms with Crippen molar-refractivity contribution in [2.45, 2.75) is 51.9 Å². The summed E-state index contributed by atoms with van der Waals surface area (Å²) in [5, 5.41) is -1.80. The number of carbonyl (C=O) groups excluding carboxylic acids is 2. The van der Waals surface area contributed by atoms with Crippen LogP contribution in [0.4, 0.5) is 0 Å². The number of hydrogen-bond acceptors (Lipinski definition) is 5. The van der Waals surface area contributed by atoms with Gasteiger partial charge in [-0.1, -0.05) is 39.0 Å². The Morgan fingerprint density at radius 3 is 1.94 bits per heavy atom. The normalized spacial score (nSPS) is 10.7. The van der Waals surface area contributed by atoms with Crippen molar-refractivity contribution in [2.75, 3.05) is 0 Å². The van der Waals surface area contributed by atoms with Crippen molar-refractivity contribution in [1.82, 2.24) is 0 Å². The molecule has 0 aliphatic heterocycles. The molecule has 0 fully saturated rings. The predicted molar refractivity (Wildman–Crippen MR) is 57.7 cm³/mol. The zero-order valence-electron chi connectivity index (χ0n) is 10.4. The molecule has 0 aromatic rings. The van der Waals surface area contributed by atoms with Crippen molar-refractivity contribution in [3.63, 3.8) is 0 Å². The van der Waals surface area contributed by atoms with E-state index in [4.69, 9.17) is 0 Å². The van der Waals surface area contributed by atoms with E-state index in [9.17, 15) is 22.6 Å². The Hall–Kier alpha value is 0.250. The summed E-state index contributed by atoms with van der Waals surface area (Å²) in [6.45, 7) is 2.08. The minimum atomic E-state index is -5.09. The van der Waals surface area contributed by atoms with Gasteiger partial charge in [-0.15, -0.1) is 0 Å². The van der Waals surface area contributed by atoms with Crippen LogP contribution in [0, 0.1) is 0 Å². The Bertz CT molecular complexity index is 337. The molecule has 0 radical (unpaired) electrons. The second-order valence-corrected chi connectivity index (χ2v) is 4.96. The molecule has 0 rings (SSSR count). The molecular weight excluding hydrogens is 255 g/mol.